The van der Waals surface area contributed by atoms with E-state index in [1.54, 1.807) is 18.2 Å². The molecule has 182 valence electrons. The third kappa shape index (κ3) is 6.77. The summed E-state index contributed by atoms with van der Waals surface area (Å²) in [5, 5.41) is 9.12. The van der Waals surface area contributed by atoms with Gasteiger partial charge in [-0.3, -0.25) is 9.59 Å². The van der Waals surface area contributed by atoms with Gasteiger partial charge in [-0.25, -0.2) is 8.42 Å². The van der Waals surface area contributed by atoms with Crippen molar-refractivity contribution in [3.05, 3.63) is 65.7 Å². The molecule has 1 aliphatic rings. The van der Waals surface area contributed by atoms with Crippen LogP contribution in [0.2, 0.25) is 0 Å². The highest BCUT2D eigenvalue weighted by molar-refractivity contribution is 7.89. The third-order valence-electron chi connectivity index (χ3n) is 5.83. The Bertz CT molecular complexity index is 1130. The van der Waals surface area contributed by atoms with Crippen molar-refractivity contribution in [2.75, 3.05) is 19.7 Å². The quantitative estimate of drug-likeness (QED) is 0.393. The first-order chi connectivity index (χ1) is 16.2. The predicted molar refractivity (Wildman–Crippen MR) is 130 cm³/mol. The van der Waals surface area contributed by atoms with Gasteiger partial charge in [-0.1, -0.05) is 44.2 Å². The molecule has 34 heavy (non-hydrogen) atoms. The Hall–Kier alpha value is -2.97. The van der Waals surface area contributed by atoms with Gasteiger partial charge in [0.1, 0.15) is 5.75 Å². The highest BCUT2D eigenvalue weighted by Crippen LogP contribution is 2.25. The van der Waals surface area contributed by atoms with Crippen molar-refractivity contribution in [1.82, 2.24) is 4.31 Å². The van der Waals surface area contributed by atoms with E-state index < -0.39 is 21.9 Å². The summed E-state index contributed by atoms with van der Waals surface area (Å²) in [4.78, 5) is 23.8. The van der Waals surface area contributed by atoms with E-state index in [-0.39, 0.29) is 42.2 Å². The third-order valence-corrected chi connectivity index (χ3v) is 7.73. The van der Waals surface area contributed by atoms with Crippen LogP contribution in [0.25, 0.3) is 6.08 Å². The van der Waals surface area contributed by atoms with Gasteiger partial charge in [0.05, 0.1) is 17.4 Å². The van der Waals surface area contributed by atoms with Gasteiger partial charge in [0.15, 0.2) is 5.78 Å². The number of aliphatic carboxylic acids is 1. The molecular weight excluding hydrogens is 454 g/mol. The van der Waals surface area contributed by atoms with Gasteiger partial charge < -0.3 is 9.84 Å². The van der Waals surface area contributed by atoms with Crippen molar-refractivity contribution < 1.29 is 27.9 Å². The number of carbonyl (C=O) groups is 2. The lowest BCUT2D eigenvalue weighted by atomic mass is 9.99. The standard InChI is InChI=1S/C26H31NO6S/c1-19(2)14-17-33-23-9-6-20(7-10-23)8-11-25(28)22-4-3-5-24(18-22)34(31,32)27-15-12-21(13-16-27)26(29)30/h3-11,18-19,21H,12-17H2,1-2H3,(H,29,30). The molecule has 2 aromatic carbocycles. The minimum Gasteiger partial charge on any atom is -0.494 e. The molecule has 8 heteroatoms. The number of hydrogen-bond donors (Lipinski definition) is 1. The summed E-state index contributed by atoms with van der Waals surface area (Å²) in [6, 6.07) is 13.4. The number of piperidine rings is 1. The minimum absolute atomic E-state index is 0.0309. The number of benzene rings is 2. The van der Waals surface area contributed by atoms with E-state index in [1.165, 1.54) is 22.5 Å². The number of carbonyl (C=O) groups excluding carboxylic acids is 1. The first kappa shape index (κ1) is 25.6. The summed E-state index contributed by atoms with van der Waals surface area (Å²) in [6.07, 6.45) is 4.62. The van der Waals surface area contributed by atoms with Crippen LogP contribution in [-0.2, 0) is 14.8 Å². The molecule has 0 radical (unpaired) electrons. The maximum Gasteiger partial charge on any atom is 0.306 e. The van der Waals surface area contributed by atoms with E-state index >= 15 is 0 Å². The van der Waals surface area contributed by atoms with Gasteiger partial charge in [-0.15, -0.1) is 0 Å². The maximum atomic E-state index is 13.0. The molecule has 1 saturated heterocycles. The van der Waals surface area contributed by atoms with Crippen LogP contribution in [0.15, 0.2) is 59.5 Å². The SMILES string of the molecule is CC(C)CCOc1ccc(C=CC(=O)c2cccc(S(=O)(=O)N3CCC(C(=O)O)CC3)c2)cc1. The van der Waals surface area contributed by atoms with Gasteiger partial charge in [-0.2, -0.15) is 4.31 Å². The smallest absolute Gasteiger partial charge is 0.306 e. The molecule has 2 aromatic rings. The van der Waals surface area contributed by atoms with Crippen molar-refractivity contribution >= 4 is 27.9 Å². The number of rotatable bonds is 10. The average molecular weight is 486 g/mol. The lowest BCUT2D eigenvalue weighted by Crippen LogP contribution is -2.40. The molecule has 0 saturated carbocycles. The first-order valence-corrected chi connectivity index (χ1v) is 12.9. The maximum absolute atomic E-state index is 13.0. The minimum atomic E-state index is -3.80. The Morgan fingerprint density at radius 1 is 1.12 bits per heavy atom. The second kappa shape index (κ2) is 11.4. The number of carboxylic acid groups (broad SMARTS) is 1. The Morgan fingerprint density at radius 2 is 1.79 bits per heavy atom. The highest BCUT2D eigenvalue weighted by atomic mass is 32.2. The average Bonchev–Trinajstić information content (AvgIpc) is 2.83. The summed E-state index contributed by atoms with van der Waals surface area (Å²) < 4.78 is 33.0. The van der Waals surface area contributed by atoms with Crippen LogP contribution in [0.4, 0.5) is 0 Å². The summed E-state index contributed by atoms with van der Waals surface area (Å²) >= 11 is 0. The van der Waals surface area contributed by atoms with Crippen LogP contribution in [0.3, 0.4) is 0 Å². The van der Waals surface area contributed by atoms with Gasteiger partial charge in [-0.05, 0) is 61.1 Å². The molecule has 1 aliphatic heterocycles. The monoisotopic (exact) mass is 485 g/mol. The van der Waals surface area contributed by atoms with Crippen molar-refractivity contribution in [2.24, 2.45) is 11.8 Å². The number of nitrogens with zero attached hydrogens (tertiary/aromatic N) is 1. The van der Waals surface area contributed by atoms with Crippen LogP contribution in [0.1, 0.15) is 49.0 Å². The Morgan fingerprint density at radius 3 is 2.41 bits per heavy atom. The van der Waals surface area contributed by atoms with Crippen molar-refractivity contribution in [2.45, 2.75) is 38.0 Å². The predicted octanol–water partition coefficient (Wildman–Crippen LogP) is 4.49. The Kier molecular flexibility index (Phi) is 8.63. The first-order valence-electron chi connectivity index (χ1n) is 11.4. The summed E-state index contributed by atoms with van der Waals surface area (Å²) in [5.74, 6) is -0.380. The second-order valence-corrected chi connectivity index (χ2v) is 10.8. The molecule has 0 aliphatic carbocycles. The summed E-state index contributed by atoms with van der Waals surface area (Å²) in [7, 11) is -3.80. The summed E-state index contributed by atoms with van der Waals surface area (Å²) in [6.45, 7) is 5.23. The second-order valence-electron chi connectivity index (χ2n) is 8.84. The molecule has 7 nitrogen and oxygen atoms in total. The van der Waals surface area contributed by atoms with Crippen molar-refractivity contribution in [3.8, 4) is 5.75 Å². The molecule has 1 heterocycles. The van der Waals surface area contributed by atoms with Gasteiger partial charge in [0.25, 0.3) is 0 Å². The zero-order valence-electron chi connectivity index (χ0n) is 19.5. The van der Waals surface area contributed by atoms with Gasteiger partial charge >= 0.3 is 5.97 Å². The number of sulfonamides is 1. The van der Waals surface area contributed by atoms with E-state index in [0.29, 0.717) is 12.5 Å². The van der Waals surface area contributed by atoms with Crippen molar-refractivity contribution in [1.29, 1.82) is 0 Å². The van der Waals surface area contributed by atoms with Crippen LogP contribution in [0, 0.1) is 11.8 Å². The van der Waals surface area contributed by atoms with Crippen LogP contribution >= 0.6 is 0 Å². The fourth-order valence-corrected chi connectivity index (χ4v) is 5.17. The molecule has 1 fully saturated rings. The number of hydrogen-bond acceptors (Lipinski definition) is 5. The largest absolute Gasteiger partial charge is 0.494 e. The van der Waals surface area contributed by atoms with Crippen molar-refractivity contribution in [3.63, 3.8) is 0 Å². The number of allylic oxidation sites excluding steroid dienone is 1. The highest BCUT2D eigenvalue weighted by Gasteiger charge is 2.32. The molecule has 0 spiro atoms. The fraction of sp³-hybridized carbons (Fsp3) is 0.385. The molecule has 1 N–H and O–H groups in total. The Labute approximate surface area is 201 Å². The van der Waals surface area contributed by atoms with Gasteiger partial charge in [0.2, 0.25) is 10.0 Å². The Balaban J connectivity index is 1.64. The number of carboxylic acids is 1. The summed E-state index contributed by atoms with van der Waals surface area (Å²) in [5.41, 5.74) is 1.10. The molecule has 0 bridgehead atoms. The topological polar surface area (TPSA) is 101 Å². The van der Waals surface area contributed by atoms with Crippen LogP contribution in [-0.4, -0.2) is 49.3 Å². The molecule has 3 rings (SSSR count). The van der Waals surface area contributed by atoms with E-state index in [2.05, 4.69) is 13.8 Å². The molecular formula is C26H31NO6S. The zero-order valence-corrected chi connectivity index (χ0v) is 20.3. The van der Waals surface area contributed by atoms with E-state index in [0.717, 1.165) is 17.7 Å². The van der Waals surface area contributed by atoms with Gasteiger partial charge in [0, 0.05) is 18.7 Å². The zero-order chi connectivity index (χ0) is 24.7. The molecule has 0 amide bonds. The number of ketones is 1. The molecule has 0 aromatic heterocycles. The molecule has 0 atom stereocenters. The van der Waals surface area contributed by atoms with Crippen LogP contribution in [0.5, 0.6) is 5.75 Å². The van der Waals surface area contributed by atoms with E-state index in [9.17, 15) is 18.0 Å². The van der Waals surface area contributed by atoms with Crippen LogP contribution < -0.4 is 4.74 Å². The lowest BCUT2D eigenvalue weighted by Gasteiger charge is -2.29. The number of ether oxygens (including phenoxy) is 1. The normalized spacial score (nSPS) is 15.6. The fourth-order valence-electron chi connectivity index (χ4n) is 3.66. The van der Waals surface area contributed by atoms with E-state index in [4.69, 9.17) is 9.84 Å². The van der Waals surface area contributed by atoms with E-state index in [1.807, 2.05) is 24.3 Å². The molecule has 0 unspecified atom stereocenters. The lowest BCUT2D eigenvalue weighted by molar-refractivity contribution is -0.142.